The van der Waals surface area contributed by atoms with E-state index in [1.165, 1.54) is 0 Å². The molecule has 22 heavy (non-hydrogen) atoms. The third-order valence-electron chi connectivity index (χ3n) is 4.60. The van der Waals surface area contributed by atoms with Crippen LogP contribution in [0, 0.1) is 5.41 Å². The molecule has 1 saturated heterocycles. The Morgan fingerprint density at radius 2 is 2.14 bits per heavy atom. The predicted octanol–water partition coefficient (Wildman–Crippen LogP) is 4.08. The minimum Gasteiger partial charge on any atom is -0.396 e. The van der Waals surface area contributed by atoms with Crippen molar-refractivity contribution in [1.82, 2.24) is 4.90 Å². The molecule has 0 atom stereocenters. The number of aliphatic hydroxyl groups excluding tert-OH is 1. The van der Waals surface area contributed by atoms with Gasteiger partial charge in [0.25, 0.3) is 0 Å². The van der Waals surface area contributed by atoms with Gasteiger partial charge in [0.15, 0.2) is 0 Å². The topological polar surface area (TPSA) is 52.6 Å². The zero-order valence-electron chi connectivity index (χ0n) is 13.1. The smallest absolute Gasteiger partial charge is 0.321 e. The highest BCUT2D eigenvalue weighted by molar-refractivity contribution is 7.98. The molecule has 4 nitrogen and oxygen atoms in total. The van der Waals surface area contributed by atoms with Crippen molar-refractivity contribution >= 4 is 35.1 Å². The lowest BCUT2D eigenvalue weighted by Crippen LogP contribution is -2.46. The first kappa shape index (κ1) is 17.4. The van der Waals surface area contributed by atoms with E-state index in [9.17, 15) is 9.90 Å². The van der Waals surface area contributed by atoms with Gasteiger partial charge in [0.1, 0.15) is 0 Å². The number of nitrogens with zero attached hydrogens (tertiary/aromatic N) is 1. The molecule has 0 aromatic heterocycles. The van der Waals surface area contributed by atoms with Crippen molar-refractivity contribution in [2.24, 2.45) is 5.41 Å². The quantitative estimate of drug-likeness (QED) is 0.811. The highest BCUT2D eigenvalue weighted by Crippen LogP contribution is 2.35. The molecule has 1 heterocycles. The van der Waals surface area contributed by atoms with Crippen molar-refractivity contribution in [3.05, 3.63) is 23.2 Å². The summed E-state index contributed by atoms with van der Waals surface area (Å²) in [4.78, 5) is 15.2. The average Bonchev–Trinajstić information content (AvgIpc) is 2.55. The zero-order chi connectivity index (χ0) is 16.2. The average molecular weight is 343 g/mol. The number of hydrogen-bond acceptors (Lipinski definition) is 3. The summed E-state index contributed by atoms with van der Waals surface area (Å²) >= 11 is 7.59. The van der Waals surface area contributed by atoms with Gasteiger partial charge in [-0.3, -0.25) is 0 Å². The lowest BCUT2D eigenvalue weighted by Gasteiger charge is -2.40. The Bertz CT molecular complexity index is 525. The number of carbonyl (C=O) groups excluding carboxylic acids is 1. The third kappa shape index (κ3) is 3.89. The molecule has 1 aromatic rings. The minimum atomic E-state index is -0.0970. The number of benzene rings is 1. The second-order valence-electron chi connectivity index (χ2n) is 5.77. The first-order chi connectivity index (χ1) is 10.5. The van der Waals surface area contributed by atoms with Gasteiger partial charge in [-0.25, -0.2) is 4.79 Å². The molecule has 6 heteroatoms. The summed E-state index contributed by atoms with van der Waals surface area (Å²) < 4.78 is 0. The highest BCUT2D eigenvalue weighted by atomic mass is 35.5. The number of halogens is 1. The number of nitrogens with one attached hydrogen (secondary N) is 1. The monoisotopic (exact) mass is 342 g/mol. The fraction of sp³-hybridized carbons (Fsp3) is 0.562. The standard InChI is InChI=1S/C16H23ClN2O2S/c1-3-16(11-20)6-8-19(9-7-16)15(21)18-13-10-12(17)4-5-14(13)22-2/h4-5,10,20H,3,6-9,11H2,1-2H3,(H,18,21). The zero-order valence-corrected chi connectivity index (χ0v) is 14.6. The number of likely N-dealkylation sites (tertiary alicyclic amines) is 1. The van der Waals surface area contributed by atoms with E-state index in [0.717, 1.165) is 29.8 Å². The van der Waals surface area contributed by atoms with E-state index >= 15 is 0 Å². The number of aliphatic hydroxyl groups is 1. The van der Waals surface area contributed by atoms with Gasteiger partial charge in [-0.2, -0.15) is 0 Å². The van der Waals surface area contributed by atoms with Crippen LogP contribution in [0.15, 0.2) is 23.1 Å². The molecule has 0 aliphatic carbocycles. The molecule has 0 spiro atoms. The van der Waals surface area contributed by atoms with E-state index in [0.29, 0.717) is 18.1 Å². The van der Waals surface area contributed by atoms with Crippen molar-refractivity contribution in [2.75, 3.05) is 31.3 Å². The summed E-state index contributed by atoms with van der Waals surface area (Å²) in [7, 11) is 0. The summed E-state index contributed by atoms with van der Waals surface area (Å²) in [6.45, 7) is 3.65. The maximum atomic E-state index is 12.4. The van der Waals surface area contributed by atoms with Crippen LogP contribution >= 0.6 is 23.4 Å². The predicted molar refractivity (Wildman–Crippen MR) is 92.9 cm³/mol. The summed E-state index contributed by atoms with van der Waals surface area (Å²) in [6.07, 6.45) is 4.61. The van der Waals surface area contributed by atoms with Gasteiger partial charge >= 0.3 is 6.03 Å². The molecule has 2 rings (SSSR count). The maximum Gasteiger partial charge on any atom is 0.321 e. The van der Waals surface area contributed by atoms with Crippen LogP contribution in [0.5, 0.6) is 0 Å². The van der Waals surface area contributed by atoms with E-state index in [1.54, 1.807) is 17.8 Å². The Balaban J connectivity index is 2.01. The molecule has 1 aromatic carbocycles. The second-order valence-corrected chi connectivity index (χ2v) is 7.06. The van der Waals surface area contributed by atoms with Crippen LogP contribution in [0.4, 0.5) is 10.5 Å². The molecule has 1 fully saturated rings. The number of thioether (sulfide) groups is 1. The van der Waals surface area contributed by atoms with E-state index in [2.05, 4.69) is 12.2 Å². The van der Waals surface area contributed by atoms with Crippen molar-refractivity contribution < 1.29 is 9.90 Å². The molecule has 0 saturated carbocycles. The molecule has 2 N–H and O–H groups in total. The van der Waals surface area contributed by atoms with Gasteiger partial charge in [-0.05, 0) is 49.1 Å². The maximum absolute atomic E-state index is 12.4. The number of piperidine rings is 1. The molecule has 0 bridgehead atoms. The van der Waals surface area contributed by atoms with Crippen molar-refractivity contribution in [1.29, 1.82) is 0 Å². The SMILES string of the molecule is CCC1(CO)CCN(C(=O)Nc2cc(Cl)ccc2SC)CC1. The molecule has 0 unspecified atom stereocenters. The number of hydrogen-bond donors (Lipinski definition) is 2. The molecule has 122 valence electrons. The first-order valence-electron chi connectivity index (χ1n) is 7.54. The molecule has 0 radical (unpaired) electrons. The summed E-state index contributed by atoms with van der Waals surface area (Å²) in [5.41, 5.74) is 0.733. The van der Waals surface area contributed by atoms with Crippen molar-refractivity contribution in [2.45, 2.75) is 31.1 Å². The molecule has 2 amide bonds. The third-order valence-corrected chi connectivity index (χ3v) is 5.63. The van der Waals surface area contributed by atoms with Gasteiger partial charge in [-0.15, -0.1) is 11.8 Å². The Hall–Kier alpha value is -0.910. The van der Waals surface area contributed by atoms with Crippen LogP contribution < -0.4 is 5.32 Å². The minimum absolute atomic E-state index is 0.0166. The van der Waals surface area contributed by atoms with E-state index in [4.69, 9.17) is 11.6 Å². The number of anilines is 1. The van der Waals surface area contributed by atoms with Gasteiger partial charge in [0, 0.05) is 29.6 Å². The summed E-state index contributed by atoms with van der Waals surface area (Å²) in [5.74, 6) is 0. The number of carbonyl (C=O) groups is 1. The van der Waals surface area contributed by atoms with Gasteiger partial charge < -0.3 is 15.3 Å². The fourth-order valence-corrected chi connectivity index (χ4v) is 3.49. The Morgan fingerprint density at radius 3 is 2.68 bits per heavy atom. The lowest BCUT2D eigenvalue weighted by molar-refractivity contribution is 0.0542. The van der Waals surface area contributed by atoms with Crippen LogP contribution in [-0.4, -0.2) is 42.0 Å². The normalized spacial score (nSPS) is 17.4. The van der Waals surface area contributed by atoms with Gasteiger partial charge in [0.2, 0.25) is 0 Å². The van der Waals surface area contributed by atoms with E-state index < -0.39 is 0 Å². The van der Waals surface area contributed by atoms with Crippen LogP contribution in [0.2, 0.25) is 5.02 Å². The number of urea groups is 1. The van der Waals surface area contributed by atoms with Crippen LogP contribution in [0.25, 0.3) is 0 Å². The Labute approximate surface area is 141 Å². The molecular weight excluding hydrogens is 320 g/mol. The van der Waals surface area contributed by atoms with Crippen LogP contribution in [0.1, 0.15) is 26.2 Å². The van der Waals surface area contributed by atoms with E-state index in [-0.39, 0.29) is 18.1 Å². The van der Waals surface area contributed by atoms with Crippen LogP contribution in [-0.2, 0) is 0 Å². The summed E-state index contributed by atoms with van der Waals surface area (Å²) in [6, 6.07) is 5.41. The lowest BCUT2D eigenvalue weighted by atomic mass is 9.77. The van der Waals surface area contributed by atoms with Crippen molar-refractivity contribution in [3.8, 4) is 0 Å². The molecule has 1 aliphatic heterocycles. The number of rotatable bonds is 4. The summed E-state index contributed by atoms with van der Waals surface area (Å²) in [5, 5.41) is 13.1. The van der Waals surface area contributed by atoms with Gasteiger partial charge in [-0.1, -0.05) is 18.5 Å². The molecular formula is C16H23ClN2O2S. The highest BCUT2D eigenvalue weighted by Gasteiger charge is 2.33. The second kappa shape index (κ2) is 7.57. The fourth-order valence-electron chi connectivity index (χ4n) is 2.78. The largest absolute Gasteiger partial charge is 0.396 e. The first-order valence-corrected chi connectivity index (χ1v) is 9.14. The number of amides is 2. The van der Waals surface area contributed by atoms with Gasteiger partial charge in [0.05, 0.1) is 5.69 Å². The Morgan fingerprint density at radius 1 is 1.45 bits per heavy atom. The molecule has 1 aliphatic rings. The van der Waals surface area contributed by atoms with Crippen LogP contribution in [0.3, 0.4) is 0 Å². The Kier molecular flexibility index (Phi) is 6.01. The van der Waals surface area contributed by atoms with Crippen molar-refractivity contribution in [3.63, 3.8) is 0 Å². The van der Waals surface area contributed by atoms with E-state index in [1.807, 2.05) is 23.3 Å².